The number of nitrogens with two attached hydrogens (primary N) is 2. The minimum atomic E-state index is -1.32. The van der Waals surface area contributed by atoms with Gasteiger partial charge < -0.3 is 53.2 Å². The number of carboxylic acids is 2. The van der Waals surface area contributed by atoms with E-state index in [-0.39, 0.29) is 57.0 Å². The maximum Gasteiger partial charge on any atom is 0.326 e. The van der Waals surface area contributed by atoms with Crippen LogP contribution in [-0.2, 0) is 40.0 Å². The second-order valence-corrected chi connectivity index (χ2v) is 13.4. The summed E-state index contributed by atoms with van der Waals surface area (Å²) in [6.07, 6.45) is 10.2. The standard InChI is InChI=1S/C37H58N8O9/c38-27(24-40-20-21-41-32(47)15-8-6-4-2-1-3-5-7-14-31(39)46)35(51)45-30(22-25-23-43-28-13-10-9-12-26(25)28)36(52)42-19-18-29(37(53)54)44-33(48)16-11-17-34(49)50/h9-10,12-13,23,27,29-30,40,43H,1-8,11,14-22,24,38H2,(H2,39,46)(H,41,47)(H,42,52)(H,44,48)(H,45,51)(H,49,50)(H,53,54)/t27-,29+,30+/m0/s1. The third-order valence-electron chi connectivity index (χ3n) is 8.79. The Kier molecular flexibility index (Phi) is 21.6. The van der Waals surface area contributed by atoms with Gasteiger partial charge in [0.15, 0.2) is 0 Å². The summed E-state index contributed by atoms with van der Waals surface area (Å²) in [4.78, 5) is 87.1. The third-order valence-corrected chi connectivity index (χ3v) is 8.79. The number of aliphatic carboxylic acids is 2. The maximum absolute atomic E-state index is 13.4. The summed E-state index contributed by atoms with van der Waals surface area (Å²) in [5.74, 6) is -4.47. The van der Waals surface area contributed by atoms with Gasteiger partial charge in [0.2, 0.25) is 29.5 Å². The van der Waals surface area contributed by atoms with Gasteiger partial charge in [-0.1, -0.05) is 56.7 Å². The first-order valence-corrected chi connectivity index (χ1v) is 18.8. The van der Waals surface area contributed by atoms with Crippen molar-refractivity contribution >= 4 is 52.4 Å². The highest BCUT2D eigenvalue weighted by Gasteiger charge is 2.26. The summed E-state index contributed by atoms with van der Waals surface area (Å²) in [6, 6.07) is 4.06. The molecular formula is C37H58N8O9. The van der Waals surface area contributed by atoms with E-state index in [1.807, 2.05) is 24.3 Å². The molecule has 54 heavy (non-hydrogen) atoms. The fourth-order valence-electron chi connectivity index (χ4n) is 5.77. The topological polar surface area (TPSA) is 288 Å². The lowest BCUT2D eigenvalue weighted by Crippen LogP contribution is -2.55. The smallest absolute Gasteiger partial charge is 0.326 e. The summed E-state index contributed by atoms with van der Waals surface area (Å²) in [7, 11) is 0. The van der Waals surface area contributed by atoms with Gasteiger partial charge in [0.25, 0.3) is 0 Å². The molecule has 0 spiro atoms. The molecule has 1 aromatic heterocycles. The van der Waals surface area contributed by atoms with Gasteiger partial charge in [0.05, 0.1) is 6.04 Å². The van der Waals surface area contributed by atoms with Crippen LogP contribution >= 0.6 is 0 Å². The van der Waals surface area contributed by atoms with Crippen LogP contribution in [0.15, 0.2) is 30.5 Å². The van der Waals surface area contributed by atoms with E-state index >= 15 is 0 Å². The van der Waals surface area contributed by atoms with Gasteiger partial charge in [-0.25, -0.2) is 4.79 Å². The van der Waals surface area contributed by atoms with E-state index in [9.17, 15) is 38.7 Å². The second kappa shape index (κ2) is 25.9. The number of rotatable bonds is 30. The van der Waals surface area contributed by atoms with E-state index in [1.165, 1.54) is 0 Å². The zero-order valence-corrected chi connectivity index (χ0v) is 31.0. The highest BCUT2D eigenvalue weighted by Crippen LogP contribution is 2.19. The zero-order valence-electron chi connectivity index (χ0n) is 31.0. The van der Waals surface area contributed by atoms with E-state index in [2.05, 4.69) is 31.6 Å². The largest absolute Gasteiger partial charge is 0.481 e. The van der Waals surface area contributed by atoms with E-state index in [4.69, 9.17) is 16.6 Å². The number of hydrogen-bond donors (Lipinski definition) is 10. The number of unbranched alkanes of at least 4 members (excludes halogenated alkanes) is 7. The average Bonchev–Trinajstić information content (AvgIpc) is 3.53. The molecule has 0 aliphatic carbocycles. The molecule has 17 heteroatoms. The number of primary amides is 1. The number of aromatic nitrogens is 1. The zero-order chi connectivity index (χ0) is 39.7. The molecule has 0 aliphatic rings. The Balaban J connectivity index is 1.78. The van der Waals surface area contributed by atoms with Crippen LogP contribution in [0.4, 0.5) is 0 Å². The van der Waals surface area contributed by atoms with Gasteiger partial charge in [-0.3, -0.25) is 28.8 Å². The number of para-hydroxylation sites is 1. The van der Waals surface area contributed by atoms with Crippen LogP contribution in [0.3, 0.4) is 0 Å². The molecule has 17 nitrogen and oxygen atoms in total. The van der Waals surface area contributed by atoms with Crippen LogP contribution in [-0.4, -0.2) is 101 Å². The van der Waals surface area contributed by atoms with Crippen LogP contribution < -0.4 is 38.1 Å². The van der Waals surface area contributed by atoms with Gasteiger partial charge in [-0.05, 0) is 37.3 Å². The maximum atomic E-state index is 13.4. The molecule has 0 saturated heterocycles. The minimum absolute atomic E-state index is 0.0516. The first-order chi connectivity index (χ1) is 25.9. The first-order valence-electron chi connectivity index (χ1n) is 18.8. The molecule has 12 N–H and O–H groups in total. The van der Waals surface area contributed by atoms with Crippen LogP contribution in [0, 0.1) is 0 Å². The number of carboxylic acid groups (broad SMARTS) is 2. The van der Waals surface area contributed by atoms with Crippen molar-refractivity contribution in [1.82, 2.24) is 31.6 Å². The lowest BCUT2D eigenvalue weighted by Gasteiger charge is -2.22. The number of hydrogen-bond acceptors (Lipinski definition) is 9. The molecule has 2 aromatic rings. The van der Waals surface area contributed by atoms with E-state index in [0.717, 1.165) is 67.8 Å². The lowest BCUT2D eigenvalue weighted by atomic mass is 10.0. The lowest BCUT2D eigenvalue weighted by molar-refractivity contribution is -0.142. The fraction of sp³-hybridized carbons (Fsp3) is 0.595. The van der Waals surface area contributed by atoms with Gasteiger partial charge in [-0.15, -0.1) is 0 Å². The summed E-state index contributed by atoms with van der Waals surface area (Å²) in [6.45, 7) is 0.677. The average molecular weight is 759 g/mol. The molecule has 5 amide bonds. The molecule has 2 rings (SSSR count). The van der Waals surface area contributed by atoms with Crippen molar-refractivity contribution in [3.8, 4) is 0 Å². The van der Waals surface area contributed by atoms with Crippen molar-refractivity contribution in [1.29, 1.82) is 0 Å². The van der Waals surface area contributed by atoms with Crippen LogP contribution in [0.1, 0.15) is 95.5 Å². The van der Waals surface area contributed by atoms with E-state index in [0.29, 0.717) is 25.9 Å². The molecule has 3 atom stereocenters. The predicted molar refractivity (Wildman–Crippen MR) is 202 cm³/mol. The van der Waals surface area contributed by atoms with Gasteiger partial charge in [0, 0.05) is 75.4 Å². The summed E-state index contributed by atoms with van der Waals surface area (Å²) >= 11 is 0. The van der Waals surface area contributed by atoms with Crippen molar-refractivity contribution in [2.75, 3.05) is 26.2 Å². The van der Waals surface area contributed by atoms with Crippen molar-refractivity contribution in [3.05, 3.63) is 36.0 Å². The molecule has 1 aromatic carbocycles. The number of aromatic amines is 1. The Morgan fingerprint density at radius 1 is 0.685 bits per heavy atom. The van der Waals surface area contributed by atoms with E-state index < -0.39 is 47.8 Å². The highest BCUT2D eigenvalue weighted by atomic mass is 16.4. The quantitative estimate of drug-likeness (QED) is 0.0501. The number of carbonyl (C=O) groups is 7. The summed E-state index contributed by atoms with van der Waals surface area (Å²) in [5.41, 5.74) is 12.9. The molecule has 0 fully saturated rings. The van der Waals surface area contributed by atoms with Crippen LogP contribution in [0.2, 0.25) is 0 Å². The number of benzene rings is 1. The molecule has 1 heterocycles. The SMILES string of the molecule is NC(=O)CCCCCCCCCCC(=O)NCCNC[C@H](N)C(=O)N[C@H](Cc1c[nH]c2ccccc12)C(=O)NCC[C@@H](NC(=O)CCCC(=O)O)C(=O)O. The number of fused-ring (bicyclic) bond motifs is 1. The Labute approximate surface area is 315 Å². The molecular weight excluding hydrogens is 700 g/mol. The van der Waals surface area contributed by atoms with Crippen LogP contribution in [0.25, 0.3) is 10.9 Å². The normalized spacial score (nSPS) is 12.7. The number of carbonyl (C=O) groups excluding carboxylic acids is 5. The van der Waals surface area contributed by atoms with Gasteiger partial charge >= 0.3 is 11.9 Å². The Morgan fingerprint density at radius 3 is 2.00 bits per heavy atom. The Morgan fingerprint density at radius 2 is 1.33 bits per heavy atom. The van der Waals surface area contributed by atoms with Gasteiger partial charge in [0.1, 0.15) is 12.1 Å². The highest BCUT2D eigenvalue weighted by molar-refractivity contribution is 5.91. The third kappa shape index (κ3) is 19.2. The molecule has 300 valence electrons. The molecule has 0 unspecified atom stereocenters. The molecule has 0 bridgehead atoms. The molecule has 0 aliphatic heterocycles. The van der Waals surface area contributed by atoms with Crippen molar-refractivity contribution in [2.24, 2.45) is 11.5 Å². The second-order valence-electron chi connectivity index (χ2n) is 13.4. The first kappa shape index (κ1) is 45.1. The molecule has 0 radical (unpaired) electrons. The fourth-order valence-corrected chi connectivity index (χ4v) is 5.77. The predicted octanol–water partition coefficient (Wildman–Crippen LogP) is 0.945. The molecule has 0 saturated carbocycles. The number of amides is 5. The summed E-state index contributed by atoms with van der Waals surface area (Å²) in [5, 5.41) is 32.8. The van der Waals surface area contributed by atoms with Crippen LogP contribution in [0.5, 0.6) is 0 Å². The monoisotopic (exact) mass is 758 g/mol. The summed E-state index contributed by atoms with van der Waals surface area (Å²) < 4.78 is 0. The van der Waals surface area contributed by atoms with Crippen molar-refractivity contribution < 1.29 is 43.8 Å². The van der Waals surface area contributed by atoms with Gasteiger partial charge in [-0.2, -0.15) is 0 Å². The number of nitrogens with one attached hydrogen (secondary N) is 6. The van der Waals surface area contributed by atoms with Crippen molar-refractivity contribution in [3.63, 3.8) is 0 Å². The van der Waals surface area contributed by atoms with E-state index in [1.54, 1.807) is 6.20 Å². The minimum Gasteiger partial charge on any atom is -0.481 e. The number of H-pyrrole nitrogens is 1. The van der Waals surface area contributed by atoms with Crippen molar-refractivity contribution in [2.45, 2.75) is 114 Å². The Bertz CT molecular complexity index is 1520. The Hall–Kier alpha value is -5.03.